The predicted molar refractivity (Wildman–Crippen MR) is 101 cm³/mol. The zero-order valence-electron chi connectivity index (χ0n) is 16.1. The molecule has 0 bridgehead atoms. The van der Waals surface area contributed by atoms with Gasteiger partial charge in [-0.05, 0) is 42.9 Å². The van der Waals surface area contributed by atoms with Crippen LogP contribution in [0.5, 0.6) is 0 Å². The van der Waals surface area contributed by atoms with Crippen molar-refractivity contribution in [3.8, 4) is 11.5 Å². The van der Waals surface area contributed by atoms with Crippen molar-refractivity contribution in [1.82, 2.24) is 10.3 Å². The lowest BCUT2D eigenvalue weighted by Crippen LogP contribution is -2.32. The molecule has 1 aromatic carbocycles. The Morgan fingerprint density at radius 1 is 1.27 bits per heavy atom. The lowest BCUT2D eigenvalue weighted by atomic mass is 9.87. The van der Waals surface area contributed by atoms with Gasteiger partial charge in [-0.15, -0.1) is 0 Å². The largest absolute Gasteiger partial charge is 0.441 e. The van der Waals surface area contributed by atoms with E-state index in [0.29, 0.717) is 23.9 Å². The fourth-order valence-corrected chi connectivity index (χ4v) is 3.08. The Morgan fingerprint density at radius 3 is 2.62 bits per heavy atom. The van der Waals surface area contributed by atoms with Crippen molar-refractivity contribution in [2.75, 3.05) is 13.2 Å². The van der Waals surface area contributed by atoms with Gasteiger partial charge in [0.15, 0.2) is 0 Å². The molecule has 1 N–H and O–H groups in total. The van der Waals surface area contributed by atoms with Crippen molar-refractivity contribution < 1.29 is 13.9 Å². The molecule has 26 heavy (non-hydrogen) atoms. The molecule has 1 fully saturated rings. The second-order valence-electron chi connectivity index (χ2n) is 7.97. The summed E-state index contributed by atoms with van der Waals surface area (Å²) in [7, 11) is 0. The number of hydrogen-bond donors (Lipinski definition) is 1. The fraction of sp³-hybridized carbons (Fsp3) is 0.524. The molecule has 1 amide bonds. The molecule has 2 aromatic rings. The van der Waals surface area contributed by atoms with Gasteiger partial charge in [0.1, 0.15) is 5.76 Å². The van der Waals surface area contributed by atoms with Gasteiger partial charge in [-0.2, -0.15) is 0 Å². The first-order valence-electron chi connectivity index (χ1n) is 9.28. The highest BCUT2D eigenvalue weighted by Crippen LogP contribution is 2.27. The van der Waals surface area contributed by atoms with Crippen molar-refractivity contribution in [2.24, 2.45) is 0 Å². The van der Waals surface area contributed by atoms with Crippen LogP contribution in [-0.2, 0) is 21.4 Å². The van der Waals surface area contributed by atoms with E-state index in [2.05, 4.69) is 43.2 Å². The molecule has 5 heteroatoms. The number of hydrogen-bond acceptors (Lipinski definition) is 4. The Kier molecular flexibility index (Phi) is 5.47. The van der Waals surface area contributed by atoms with Gasteiger partial charge in [0.2, 0.25) is 11.8 Å². The summed E-state index contributed by atoms with van der Waals surface area (Å²) in [5.41, 5.74) is 2.98. The Labute approximate surface area is 155 Å². The highest BCUT2D eigenvalue weighted by atomic mass is 16.5. The van der Waals surface area contributed by atoms with Crippen LogP contribution in [0, 0.1) is 6.92 Å². The highest BCUT2D eigenvalue weighted by Gasteiger charge is 2.19. The maximum absolute atomic E-state index is 12.2. The third-order valence-electron chi connectivity index (χ3n) is 4.77. The first kappa shape index (κ1) is 18.6. The molecule has 1 saturated heterocycles. The molecule has 3 rings (SSSR count). The van der Waals surface area contributed by atoms with Crippen molar-refractivity contribution in [2.45, 2.75) is 58.5 Å². The van der Waals surface area contributed by atoms with E-state index in [9.17, 15) is 4.79 Å². The van der Waals surface area contributed by atoms with E-state index in [4.69, 9.17) is 9.15 Å². The summed E-state index contributed by atoms with van der Waals surface area (Å²) in [6.07, 6.45) is 2.45. The maximum atomic E-state index is 12.2. The van der Waals surface area contributed by atoms with Crippen LogP contribution in [0.25, 0.3) is 11.5 Å². The summed E-state index contributed by atoms with van der Waals surface area (Å²) in [4.78, 5) is 16.7. The molecule has 0 aliphatic carbocycles. The number of aromatic nitrogens is 1. The molecule has 2 heterocycles. The van der Waals surface area contributed by atoms with Gasteiger partial charge < -0.3 is 14.5 Å². The average molecular weight is 356 g/mol. The van der Waals surface area contributed by atoms with Gasteiger partial charge in [-0.1, -0.05) is 32.9 Å². The van der Waals surface area contributed by atoms with Crippen LogP contribution in [0.1, 0.15) is 50.6 Å². The number of rotatable bonds is 5. The quantitative estimate of drug-likeness (QED) is 0.885. The van der Waals surface area contributed by atoms with Crippen LogP contribution >= 0.6 is 0 Å². The summed E-state index contributed by atoms with van der Waals surface area (Å²) < 4.78 is 11.3. The van der Waals surface area contributed by atoms with Crippen LogP contribution in [0.4, 0.5) is 0 Å². The van der Waals surface area contributed by atoms with E-state index in [0.717, 1.165) is 25.0 Å². The van der Waals surface area contributed by atoms with Gasteiger partial charge >= 0.3 is 0 Å². The molecule has 140 valence electrons. The predicted octanol–water partition coefficient (Wildman–Crippen LogP) is 3.79. The molecular weight excluding hydrogens is 328 g/mol. The normalized spacial score (nSPS) is 17.5. The summed E-state index contributed by atoms with van der Waals surface area (Å²) in [5.74, 6) is 1.20. The minimum Gasteiger partial charge on any atom is -0.441 e. The minimum atomic E-state index is -0.0495. The number of carbonyl (C=O) groups is 1. The fourth-order valence-electron chi connectivity index (χ4n) is 3.08. The van der Waals surface area contributed by atoms with Crippen molar-refractivity contribution >= 4 is 5.91 Å². The van der Waals surface area contributed by atoms with E-state index in [1.54, 1.807) is 0 Å². The Bertz CT molecular complexity index is 751. The smallest absolute Gasteiger partial charge is 0.226 e. The third-order valence-corrected chi connectivity index (χ3v) is 4.77. The number of aryl methyl sites for hydroxylation is 1. The number of oxazole rings is 1. The summed E-state index contributed by atoms with van der Waals surface area (Å²) in [5, 5.41) is 2.93. The molecule has 1 aromatic heterocycles. The van der Waals surface area contributed by atoms with Crippen LogP contribution in [0.3, 0.4) is 0 Å². The molecule has 5 nitrogen and oxygen atoms in total. The van der Waals surface area contributed by atoms with Crippen LogP contribution in [0.2, 0.25) is 0 Å². The molecular formula is C21H28N2O3. The third kappa shape index (κ3) is 4.52. The van der Waals surface area contributed by atoms with Gasteiger partial charge in [0.25, 0.3) is 0 Å². The van der Waals surface area contributed by atoms with E-state index in [1.165, 1.54) is 5.56 Å². The van der Waals surface area contributed by atoms with Crippen molar-refractivity contribution in [1.29, 1.82) is 0 Å². The summed E-state index contributed by atoms with van der Waals surface area (Å²) in [6, 6.07) is 8.24. The van der Waals surface area contributed by atoms with E-state index in [-0.39, 0.29) is 23.8 Å². The molecule has 1 aliphatic heterocycles. The van der Waals surface area contributed by atoms with Crippen LogP contribution in [0.15, 0.2) is 28.7 Å². The molecule has 0 radical (unpaired) electrons. The summed E-state index contributed by atoms with van der Waals surface area (Å²) >= 11 is 0. The van der Waals surface area contributed by atoms with Crippen LogP contribution < -0.4 is 5.32 Å². The van der Waals surface area contributed by atoms with E-state index >= 15 is 0 Å². The SMILES string of the molecule is Cc1oc(-c2ccc(C(C)(C)C)cc2)nc1CC(=O)NCC1CCCO1. The number of carbonyl (C=O) groups excluding carboxylic acids is 1. The molecule has 1 atom stereocenters. The standard InChI is InChI=1S/C21H28N2O3/c1-14-18(12-19(24)22-13-17-6-5-11-25-17)23-20(26-14)15-7-9-16(10-8-15)21(2,3)4/h7-10,17H,5-6,11-13H2,1-4H3,(H,22,24). The lowest BCUT2D eigenvalue weighted by Gasteiger charge is -2.18. The summed E-state index contributed by atoms with van der Waals surface area (Å²) in [6.45, 7) is 9.76. The highest BCUT2D eigenvalue weighted by molar-refractivity contribution is 5.78. The molecule has 0 spiro atoms. The van der Waals surface area contributed by atoms with E-state index < -0.39 is 0 Å². The number of ether oxygens (including phenoxy) is 1. The first-order valence-corrected chi connectivity index (χ1v) is 9.28. The Morgan fingerprint density at radius 2 is 2.00 bits per heavy atom. The molecule has 0 saturated carbocycles. The molecule has 1 aliphatic rings. The van der Waals surface area contributed by atoms with Crippen molar-refractivity contribution in [3.63, 3.8) is 0 Å². The number of amides is 1. The Balaban J connectivity index is 1.63. The first-order chi connectivity index (χ1) is 12.3. The Hall–Kier alpha value is -2.14. The zero-order chi connectivity index (χ0) is 18.7. The van der Waals surface area contributed by atoms with Gasteiger partial charge in [-0.3, -0.25) is 4.79 Å². The second kappa shape index (κ2) is 7.62. The van der Waals surface area contributed by atoms with Gasteiger partial charge in [0.05, 0.1) is 18.2 Å². The van der Waals surface area contributed by atoms with Gasteiger partial charge in [-0.25, -0.2) is 4.98 Å². The zero-order valence-corrected chi connectivity index (χ0v) is 16.1. The number of benzene rings is 1. The minimum absolute atomic E-state index is 0.0495. The molecule has 1 unspecified atom stereocenters. The second-order valence-corrected chi connectivity index (χ2v) is 7.97. The maximum Gasteiger partial charge on any atom is 0.226 e. The van der Waals surface area contributed by atoms with Crippen molar-refractivity contribution in [3.05, 3.63) is 41.3 Å². The number of nitrogens with one attached hydrogen (secondary N) is 1. The average Bonchev–Trinajstić information content (AvgIpc) is 3.23. The number of nitrogens with zero attached hydrogens (tertiary/aromatic N) is 1. The monoisotopic (exact) mass is 356 g/mol. The topological polar surface area (TPSA) is 64.4 Å². The lowest BCUT2D eigenvalue weighted by molar-refractivity contribution is -0.121. The van der Waals surface area contributed by atoms with Crippen LogP contribution in [-0.4, -0.2) is 30.1 Å². The van der Waals surface area contributed by atoms with Gasteiger partial charge in [0, 0.05) is 18.7 Å². The van der Waals surface area contributed by atoms with E-state index in [1.807, 2.05) is 19.1 Å².